The van der Waals surface area contributed by atoms with Gasteiger partial charge in [-0.3, -0.25) is 0 Å². The van der Waals surface area contributed by atoms with Gasteiger partial charge in [-0.2, -0.15) is 0 Å². The number of rotatable bonds is 1. The van der Waals surface area contributed by atoms with Crippen molar-refractivity contribution in [2.45, 2.75) is 11.3 Å². The van der Waals surface area contributed by atoms with Crippen LogP contribution in [0.25, 0.3) is 0 Å². The third kappa shape index (κ3) is 2.54. The zero-order valence-corrected chi connectivity index (χ0v) is 9.15. The van der Waals surface area contributed by atoms with Gasteiger partial charge >= 0.3 is 52.3 Å². The Morgan fingerprint density at radius 2 is 1.88 bits per heavy atom. The summed E-state index contributed by atoms with van der Waals surface area (Å²) in [6.45, 7) is 1.59. The molecule has 1 aliphatic heterocycles. The molecule has 0 aromatic heterocycles. The van der Waals surface area contributed by atoms with E-state index in [2.05, 4.69) is 0 Å². The maximum atomic E-state index is 5.11. The molecule has 2 nitrogen and oxygen atoms in total. The van der Waals surface area contributed by atoms with Crippen LogP contribution in [0.1, 0.15) is 0 Å². The molecule has 0 aliphatic carbocycles. The summed E-state index contributed by atoms with van der Waals surface area (Å²) in [6.07, 6.45) is 0.153. The van der Waals surface area contributed by atoms with E-state index < -0.39 is 0 Å². The fourth-order valence-electron chi connectivity index (χ4n) is 0.574. The molecule has 1 heterocycles. The Bertz CT molecular complexity index is 56.0. The van der Waals surface area contributed by atoms with Crippen molar-refractivity contribution < 1.29 is 44.8 Å². The molecule has 0 aromatic carbocycles. The van der Waals surface area contributed by atoms with Crippen LogP contribution in [0.2, 0.25) is 5.02 Å². The number of hydrogen-bond acceptors (Lipinski definition) is 2. The molecular weight excluding hydrogens is 225 g/mol. The van der Waals surface area contributed by atoms with Gasteiger partial charge < -0.3 is 17.0 Å². The van der Waals surface area contributed by atoms with Gasteiger partial charge in [0.25, 0.3) is 0 Å². The second-order valence-electron chi connectivity index (χ2n) is 1.46. The Morgan fingerprint density at radius 3 is 2.12 bits per heavy atom. The van der Waals surface area contributed by atoms with E-state index in [-0.39, 0.29) is 23.3 Å². The predicted molar refractivity (Wildman–Crippen MR) is 20.5 cm³/mol. The van der Waals surface area contributed by atoms with E-state index in [9.17, 15) is 0 Å². The molecule has 1 saturated heterocycles. The fraction of sp³-hybridized carbons (Fsp3) is 1.00. The van der Waals surface area contributed by atoms with Gasteiger partial charge in [-0.15, -0.1) is 0 Å². The molecule has 1 aliphatic rings. The minimum absolute atomic E-state index is 0. The second kappa shape index (κ2) is 4.86. The summed E-state index contributed by atoms with van der Waals surface area (Å²) in [5.41, 5.74) is 0. The molecule has 4 heteroatoms. The molecule has 0 amide bonds. The molecule has 0 bridgehead atoms. The van der Waals surface area contributed by atoms with Gasteiger partial charge in [-0.05, 0) is 0 Å². The Kier molecular flexibility index (Phi) is 5.48. The minimum atomic E-state index is 0. The summed E-state index contributed by atoms with van der Waals surface area (Å²) in [7, 11) is 0. The third-order valence-corrected chi connectivity index (χ3v) is 1.92. The van der Waals surface area contributed by atoms with E-state index in [4.69, 9.17) is 9.47 Å². The van der Waals surface area contributed by atoms with Gasteiger partial charge in [-0.25, -0.2) is 0 Å². The van der Waals surface area contributed by atoms with Crippen LogP contribution in [0.15, 0.2) is 0 Å². The first-order valence-electron chi connectivity index (χ1n) is 2.46. The van der Waals surface area contributed by atoms with Gasteiger partial charge in [0.15, 0.2) is 0 Å². The van der Waals surface area contributed by atoms with Crippen LogP contribution in [0.4, 0.5) is 0 Å². The van der Waals surface area contributed by atoms with Crippen molar-refractivity contribution in [3.63, 3.8) is 0 Å². The van der Waals surface area contributed by atoms with E-state index in [1.807, 2.05) is 0 Å². The summed E-state index contributed by atoms with van der Waals surface area (Å²) >= 11 is 1.27. The molecule has 1 fully saturated rings. The van der Waals surface area contributed by atoms with Gasteiger partial charge in [0, 0.05) is 0 Å². The molecule has 1 rings (SSSR count). The van der Waals surface area contributed by atoms with Crippen molar-refractivity contribution in [3.05, 3.63) is 0 Å². The van der Waals surface area contributed by atoms with Crippen molar-refractivity contribution in [3.8, 4) is 0 Å². The predicted octanol–water partition coefficient (Wildman–Crippen LogP) is -2.67. The fourth-order valence-corrected chi connectivity index (χ4v) is 1.27. The van der Waals surface area contributed by atoms with Gasteiger partial charge in [0.1, 0.15) is 0 Å². The third-order valence-electron chi connectivity index (χ3n) is 0.927. The molecule has 0 radical (unpaired) electrons. The molecular formula is C4H7BrO2Zn. The number of ether oxygens (including phenoxy) is 2. The molecule has 0 atom stereocenters. The molecule has 0 N–H and O–H groups in total. The molecule has 0 saturated carbocycles. The van der Waals surface area contributed by atoms with Crippen molar-refractivity contribution in [1.82, 2.24) is 0 Å². The molecule has 0 aromatic rings. The van der Waals surface area contributed by atoms with Crippen LogP contribution in [0.5, 0.6) is 0 Å². The average molecular weight is 232 g/mol. The van der Waals surface area contributed by atoms with Crippen LogP contribution in [0.3, 0.4) is 0 Å². The first-order chi connectivity index (χ1) is 3.43. The van der Waals surface area contributed by atoms with Crippen molar-refractivity contribution in [1.29, 1.82) is 0 Å². The SMILES string of the molecule is [Br-].[Zn+][CH2]C1OCCO1. The Labute approximate surface area is 69.4 Å². The summed E-state index contributed by atoms with van der Waals surface area (Å²) in [6, 6.07) is 0. The second-order valence-corrected chi connectivity index (χ2v) is 2.67. The first-order valence-corrected chi connectivity index (χ1v) is 4.56. The van der Waals surface area contributed by atoms with Crippen molar-refractivity contribution in [2.75, 3.05) is 13.2 Å². The van der Waals surface area contributed by atoms with Crippen molar-refractivity contribution in [2.24, 2.45) is 0 Å². The number of hydrogen-bond donors (Lipinski definition) is 0. The molecule has 0 spiro atoms. The van der Waals surface area contributed by atoms with Crippen LogP contribution in [-0.2, 0) is 27.8 Å². The summed E-state index contributed by atoms with van der Waals surface area (Å²) in [5, 5.41) is 1.10. The zero-order valence-electron chi connectivity index (χ0n) is 4.60. The van der Waals surface area contributed by atoms with Crippen molar-refractivity contribution >= 4 is 0 Å². The van der Waals surface area contributed by atoms with E-state index in [1.165, 1.54) is 18.3 Å². The molecule has 0 unspecified atom stereocenters. The zero-order chi connectivity index (χ0) is 5.11. The van der Waals surface area contributed by atoms with Crippen LogP contribution in [0, 0.1) is 0 Å². The van der Waals surface area contributed by atoms with Crippen LogP contribution in [-0.4, -0.2) is 19.5 Å². The maximum absolute atomic E-state index is 5.11. The quantitative estimate of drug-likeness (QED) is 0.459. The summed E-state index contributed by atoms with van der Waals surface area (Å²) in [4.78, 5) is 0. The van der Waals surface area contributed by atoms with Gasteiger partial charge in [-0.1, -0.05) is 0 Å². The van der Waals surface area contributed by atoms with Crippen LogP contribution >= 0.6 is 0 Å². The summed E-state index contributed by atoms with van der Waals surface area (Å²) < 4.78 is 10.2. The summed E-state index contributed by atoms with van der Waals surface area (Å²) in [5.74, 6) is 0. The van der Waals surface area contributed by atoms with Crippen LogP contribution < -0.4 is 17.0 Å². The standard InChI is InChI=1S/C4H7O2.BrH.Zn/c1-4-5-2-3-6-4;;/h4H,1-3H2;1H;/q;;+1/p-1. The number of halogens is 1. The molecule has 8 heavy (non-hydrogen) atoms. The topological polar surface area (TPSA) is 18.5 Å². The Morgan fingerprint density at radius 1 is 1.38 bits per heavy atom. The van der Waals surface area contributed by atoms with Gasteiger partial charge in [0.05, 0.1) is 0 Å². The first kappa shape index (κ1) is 9.02. The molecule has 44 valence electrons. The Hall–Kier alpha value is 1.02. The monoisotopic (exact) mass is 230 g/mol. The normalized spacial score (nSPS) is 20.8. The van der Waals surface area contributed by atoms with E-state index in [0.717, 1.165) is 18.2 Å². The van der Waals surface area contributed by atoms with E-state index in [0.29, 0.717) is 0 Å². The average Bonchev–Trinajstić information content (AvgIpc) is 2.14. The van der Waals surface area contributed by atoms with Gasteiger partial charge in [0.2, 0.25) is 0 Å². The van der Waals surface area contributed by atoms with E-state index in [1.54, 1.807) is 0 Å². The van der Waals surface area contributed by atoms with E-state index >= 15 is 0 Å². The Balaban J connectivity index is 0.000000490.